The van der Waals surface area contributed by atoms with Gasteiger partial charge in [0.15, 0.2) is 0 Å². The fourth-order valence-corrected chi connectivity index (χ4v) is 1.71. The van der Waals surface area contributed by atoms with Gasteiger partial charge in [0.05, 0.1) is 5.92 Å². The van der Waals surface area contributed by atoms with Crippen molar-refractivity contribution in [3.63, 3.8) is 0 Å². The number of benzene rings is 1. The van der Waals surface area contributed by atoms with Crippen LogP contribution in [0.4, 0.5) is 0 Å². The van der Waals surface area contributed by atoms with E-state index in [1.165, 1.54) is 0 Å². The van der Waals surface area contributed by atoms with Gasteiger partial charge >= 0.3 is 5.97 Å². The minimum Gasteiger partial charge on any atom is -0.481 e. The molecule has 0 bridgehead atoms. The van der Waals surface area contributed by atoms with E-state index >= 15 is 0 Å². The van der Waals surface area contributed by atoms with Crippen LogP contribution in [-0.2, 0) is 4.79 Å². The Morgan fingerprint density at radius 3 is 2.50 bits per heavy atom. The molecule has 0 aliphatic carbocycles. The van der Waals surface area contributed by atoms with E-state index in [0.29, 0.717) is 5.02 Å². The summed E-state index contributed by atoms with van der Waals surface area (Å²) in [6, 6.07) is 7.02. The van der Waals surface area contributed by atoms with Gasteiger partial charge in [-0.05, 0) is 23.6 Å². The van der Waals surface area contributed by atoms with Crippen LogP contribution in [0.5, 0.6) is 0 Å². The fourth-order valence-electron chi connectivity index (χ4n) is 1.51. The number of halogens is 1. The lowest BCUT2D eigenvalue weighted by Crippen LogP contribution is -2.17. The standard InChI is InChI=1S/C11H13ClO2/c1-7(2)10(11(13)14)8-4-3-5-9(12)6-8/h3-7,10H,1-2H3,(H,13,14)/t10-/m0/s1. The molecule has 0 amide bonds. The zero-order valence-electron chi connectivity index (χ0n) is 8.20. The maximum Gasteiger partial charge on any atom is 0.311 e. The molecule has 0 aliphatic heterocycles. The van der Waals surface area contributed by atoms with E-state index in [1.807, 2.05) is 13.8 Å². The molecule has 1 atom stereocenters. The third-order valence-electron chi connectivity index (χ3n) is 2.14. The molecule has 1 N–H and O–H groups in total. The van der Waals surface area contributed by atoms with Gasteiger partial charge in [-0.2, -0.15) is 0 Å². The number of hydrogen-bond donors (Lipinski definition) is 1. The second kappa shape index (κ2) is 4.47. The van der Waals surface area contributed by atoms with Crippen LogP contribution in [0.3, 0.4) is 0 Å². The van der Waals surface area contributed by atoms with Gasteiger partial charge < -0.3 is 5.11 Å². The summed E-state index contributed by atoms with van der Waals surface area (Å²) in [4.78, 5) is 11.0. The van der Waals surface area contributed by atoms with E-state index in [9.17, 15) is 4.79 Å². The summed E-state index contributed by atoms with van der Waals surface area (Å²) in [5, 5.41) is 9.62. The van der Waals surface area contributed by atoms with Crippen LogP contribution >= 0.6 is 11.6 Å². The molecule has 0 unspecified atom stereocenters. The van der Waals surface area contributed by atoms with Crippen molar-refractivity contribution in [2.24, 2.45) is 5.92 Å². The van der Waals surface area contributed by atoms with Crippen molar-refractivity contribution in [1.29, 1.82) is 0 Å². The number of aliphatic carboxylic acids is 1. The van der Waals surface area contributed by atoms with Gasteiger partial charge in [0.1, 0.15) is 0 Å². The summed E-state index contributed by atoms with van der Waals surface area (Å²) in [5.41, 5.74) is 0.764. The number of carboxylic acids is 1. The Labute approximate surface area is 88.5 Å². The molecule has 3 heteroatoms. The molecule has 1 rings (SSSR count). The lowest BCUT2D eigenvalue weighted by molar-refractivity contribution is -0.139. The second-order valence-electron chi connectivity index (χ2n) is 3.61. The average molecular weight is 213 g/mol. The molecule has 0 fully saturated rings. The Morgan fingerprint density at radius 1 is 1.43 bits per heavy atom. The SMILES string of the molecule is CC(C)[C@H](C(=O)O)c1cccc(Cl)c1. The highest BCUT2D eigenvalue weighted by molar-refractivity contribution is 6.30. The molecule has 0 heterocycles. The van der Waals surface area contributed by atoms with E-state index in [4.69, 9.17) is 16.7 Å². The highest BCUT2D eigenvalue weighted by atomic mass is 35.5. The van der Waals surface area contributed by atoms with Gasteiger partial charge in [-0.15, -0.1) is 0 Å². The predicted molar refractivity (Wildman–Crippen MR) is 56.7 cm³/mol. The first kappa shape index (κ1) is 11.1. The van der Waals surface area contributed by atoms with Crippen molar-refractivity contribution in [2.45, 2.75) is 19.8 Å². The number of carbonyl (C=O) groups is 1. The van der Waals surface area contributed by atoms with Gasteiger partial charge in [-0.25, -0.2) is 0 Å². The fraction of sp³-hybridized carbons (Fsp3) is 0.364. The normalized spacial score (nSPS) is 12.9. The van der Waals surface area contributed by atoms with E-state index < -0.39 is 11.9 Å². The molecule has 76 valence electrons. The first-order valence-corrected chi connectivity index (χ1v) is 4.88. The third-order valence-corrected chi connectivity index (χ3v) is 2.38. The summed E-state index contributed by atoms with van der Waals surface area (Å²) in [6.07, 6.45) is 0. The highest BCUT2D eigenvalue weighted by Crippen LogP contribution is 2.26. The molecule has 0 saturated heterocycles. The van der Waals surface area contributed by atoms with Crippen molar-refractivity contribution < 1.29 is 9.90 Å². The third kappa shape index (κ3) is 2.48. The van der Waals surface area contributed by atoms with Crippen LogP contribution in [0.25, 0.3) is 0 Å². The van der Waals surface area contributed by atoms with Crippen LogP contribution in [0.15, 0.2) is 24.3 Å². The quantitative estimate of drug-likeness (QED) is 0.836. The predicted octanol–water partition coefficient (Wildman–Crippen LogP) is 3.16. The molecule has 2 nitrogen and oxygen atoms in total. The Bertz CT molecular complexity index is 334. The lowest BCUT2D eigenvalue weighted by atomic mass is 9.89. The number of hydrogen-bond acceptors (Lipinski definition) is 1. The summed E-state index contributed by atoms with van der Waals surface area (Å²) in [7, 11) is 0. The molecule has 1 aromatic rings. The molecular formula is C11H13ClO2. The van der Waals surface area contributed by atoms with Gasteiger partial charge in [0.2, 0.25) is 0 Å². The highest BCUT2D eigenvalue weighted by Gasteiger charge is 2.23. The molecule has 14 heavy (non-hydrogen) atoms. The molecule has 0 saturated carbocycles. The molecular weight excluding hydrogens is 200 g/mol. The number of rotatable bonds is 3. The largest absolute Gasteiger partial charge is 0.481 e. The van der Waals surface area contributed by atoms with Gasteiger partial charge in [-0.3, -0.25) is 4.79 Å². The van der Waals surface area contributed by atoms with Crippen molar-refractivity contribution >= 4 is 17.6 Å². The zero-order chi connectivity index (χ0) is 10.7. The van der Waals surface area contributed by atoms with Crippen molar-refractivity contribution in [3.05, 3.63) is 34.9 Å². The Morgan fingerprint density at radius 2 is 2.07 bits per heavy atom. The minimum atomic E-state index is -0.803. The molecule has 0 spiro atoms. The lowest BCUT2D eigenvalue weighted by Gasteiger charge is -2.16. The van der Waals surface area contributed by atoms with Crippen LogP contribution in [-0.4, -0.2) is 11.1 Å². The van der Waals surface area contributed by atoms with E-state index in [0.717, 1.165) is 5.56 Å². The molecule has 1 aromatic carbocycles. The topological polar surface area (TPSA) is 37.3 Å². The summed E-state index contributed by atoms with van der Waals surface area (Å²) in [5.74, 6) is -1.22. The summed E-state index contributed by atoms with van der Waals surface area (Å²) in [6.45, 7) is 3.78. The van der Waals surface area contributed by atoms with Crippen LogP contribution < -0.4 is 0 Å². The van der Waals surface area contributed by atoms with Gasteiger partial charge in [-0.1, -0.05) is 37.6 Å². The van der Waals surface area contributed by atoms with Crippen molar-refractivity contribution in [2.75, 3.05) is 0 Å². The van der Waals surface area contributed by atoms with Gasteiger partial charge in [0, 0.05) is 5.02 Å². The molecule has 0 radical (unpaired) electrons. The summed E-state index contributed by atoms with van der Waals surface area (Å²) >= 11 is 5.81. The second-order valence-corrected chi connectivity index (χ2v) is 4.05. The maximum absolute atomic E-state index is 11.0. The summed E-state index contributed by atoms with van der Waals surface area (Å²) < 4.78 is 0. The van der Waals surface area contributed by atoms with Crippen molar-refractivity contribution in [1.82, 2.24) is 0 Å². The first-order chi connectivity index (χ1) is 6.52. The van der Waals surface area contributed by atoms with E-state index in [-0.39, 0.29) is 5.92 Å². The average Bonchev–Trinajstić information content (AvgIpc) is 2.02. The smallest absolute Gasteiger partial charge is 0.311 e. The van der Waals surface area contributed by atoms with Crippen LogP contribution in [0.2, 0.25) is 5.02 Å². The first-order valence-electron chi connectivity index (χ1n) is 4.50. The Balaban J connectivity index is 3.05. The zero-order valence-corrected chi connectivity index (χ0v) is 8.95. The van der Waals surface area contributed by atoms with Crippen LogP contribution in [0.1, 0.15) is 25.3 Å². The van der Waals surface area contributed by atoms with Gasteiger partial charge in [0.25, 0.3) is 0 Å². The molecule has 0 aliphatic rings. The van der Waals surface area contributed by atoms with Crippen molar-refractivity contribution in [3.8, 4) is 0 Å². The Kier molecular flexibility index (Phi) is 3.53. The van der Waals surface area contributed by atoms with E-state index in [1.54, 1.807) is 24.3 Å². The molecule has 0 aromatic heterocycles. The maximum atomic E-state index is 11.0. The Hall–Kier alpha value is -1.02. The minimum absolute atomic E-state index is 0.0611. The van der Waals surface area contributed by atoms with Crippen LogP contribution in [0, 0.1) is 5.92 Å². The number of carboxylic acid groups (broad SMARTS) is 1. The monoisotopic (exact) mass is 212 g/mol. The van der Waals surface area contributed by atoms with E-state index in [2.05, 4.69) is 0 Å².